The molecule has 9 heteroatoms. The fourth-order valence-corrected chi connectivity index (χ4v) is 4.64. The molecule has 0 aromatic heterocycles. The van der Waals surface area contributed by atoms with Crippen molar-refractivity contribution in [2.45, 2.75) is 24.3 Å². The van der Waals surface area contributed by atoms with E-state index in [-0.39, 0.29) is 16.3 Å². The van der Waals surface area contributed by atoms with Gasteiger partial charge in [-0.2, -0.15) is 4.31 Å². The van der Waals surface area contributed by atoms with Gasteiger partial charge in [-0.25, -0.2) is 8.42 Å². The van der Waals surface area contributed by atoms with Gasteiger partial charge in [-0.1, -0.05) is 23.7 Å². The van der Waals surface area contributed by atoms with E-state index in [1.165, 1.54) is 16.4 Å². The Morgan fingerprint density at radius 2 is 1.88 bits per heavy atom. The lowest BCUT2D eigenvalue weighted by Crippen LogP contribution is -2.27. The van der Waals surface area contributed by atoms with Crippen LogP contribution in [0.15, 0.2) is 47.4 Å². The molecule has 1 N–H and O–H groups in total. The number of nitro groups is 1. The average Bonchev–Trinajstić information content (AvgIpc) is 3.15. The summed E-state index contributed by atoms with van der Waals surface area (Å²) < 4.78 is 26.6. The van der Waals surface area contributed by atoms with Crippen LogP contribution in [0.1, 0.15) is 18.4 Å². The average molecular weight is 396 g/mol. The maximum absolute atomic E-state index is 12.6. The predicted molar refractivity (Wildman–Crippen MR) is 99.9 cm³/mol. The van der Waals surface area contributed by atoms with Gasteiger partial charge >= 0.3 is 0 Å². The molecule has 0 aliphatic carbocycles. The highest BCUT2D eigenvalue weighted by molar-refractivity contribution is 7.89. The zero-order valence-electron chi connectivity index (χ0n) is 13.9. The minimum absolute atomic E-state index is 0.0561. The maximum Gasteiger partial charge on any atom is 0.293 e. The lowest BCUT2D eigenvalue weighted by atomic mass is 10.2. The van der Waals surface area contributed by atoms with E-state index in [4.69, 9.17) is 11.6 Å². The third-order valence-corrected chi connectivity index (χ3v) is 6.37. The summed E-state index contributed by atoms with van der Waals surface area (Å²) in [4.78, 5) is 10.8. The van der Waals surface area contributed by atoms with Crippen LogP contribution >= 0.6 is 11.6 Å². The van der Waals surface area contributed by atoms with Crippen LogP contribution in [-0.4, -0.2) is 30.7 Å². The molecule has 0 spiro atoms. The summed E-state index contributed by atoms with van der Waals surface area (Å²) in [6.07, 6.45) is 1.61. The van der Waals surface area contributed by atoms with Crippen LogP contribution in [0.25, 0.3) is 0 Å². The van der Waals surface area contributed by atoms with Crippen molar-refractivity contribution in [1.29, 1.82) is 0 Å². The molecule has 1 aliphatic rings. The minimum Gasteiger partial charge on any atom is -0.375 e. The summed E-state index contributed by atoms with van der Waals surface area (Å²) in [6, 6.07) is 11.1. The molecule has 1 heterocycles. The molecule has 1 saturated heterocycles. The van der Waals surface area contributed by atoms with Gasteiger partial charge in [-0.3, -0.25) is 10.1 Å². The fraction of sp³-hybridized carbons (Fsp3) is 0.294. The van der Waals surface area contributed by atoms with Crippen LogP contribution in [0.4, 0.5) is 11.4 Å². The van der Waals surface area contributed by atoms with Gasteiger partial charge in [-0.15, -0.1) is 0 Å². The van der Waals surface area contributed by atoms with E-state index in [0.717, 1.165) is 24.5 Å². The lowest BCUT2D eigenvalue weighted by Gasteiger charge is -2.16. The van der Waals surface area contributed by atoms with Crippen molar-refractivity contribution in [3.63, 3.8) is 0 Å². The number of benzene rings is 2. The Kier molecular flexibility index (Phi) is 5.45. The molecule has 0 bridgehead atoms. The first-order chi connectivity index (χ1) is 12.4. The number of hydrogen-bond acceptors (Lipinski definition) is 5. The molecule has 2 aromatic carbocycles. The Morgan fingerprint density at radius 1 is 1.15 bits per heavy atom. The molecule has 0 unspecified atom stereocenters. The first kappa shape index (κ1) is 18.6. The third kappa shape index (κ3) is 3.98. The van der Waals surface area contributed by atoms with E-state index in [2.05, 4.69) is 5.32 Å². The molecule has 1 aliphatic heterocycles. The van der Waals surface area contributed by atoms with Crippen molar-refractivity contribution in [2.24, 2.45) is 0 Å². The Bertz CT molecular complexity index is 927. The first-order valence-corrected chi connectivity index (χ1v) is 9.96. The summed E-state index contributed by atoms with van der Waals surface area (Å²) in [7, 11) is -3.70. The van der Waals surface area contributed by atoms with E-state index in [0.29, 0.717) is 24.7 Å². The molecule has 1 fully saturated rings. The van der Waals surface area contributed by atoms with Gasteiger partial charge < -0.3 is 5.32 Å². The second kappa shape index (κ2) is 7.61. The van der Waals surface area contributed by atoms with Crippen molar-refractivity contribution in [3.8, 4) is 0 Å². The van der Waals surface area contributed by atoms with Crippen molar-refractivity contribution < 1.29 is 13.3 Å². The number of hydrogen-bond donors (Lipinski definition) is 1. The highest BCUT2D eigenvalue weighted by Gasteiger charge is 2.29. The number of rotatable bonds is 6. The van der Waals surface area contributed by atoms with Gasteiger partial charge in [-0.05, 0) is 42.7 Å². The normalized spacial score (nSPS) is 15.1. The zero-order valence-corrected chi connectivity index (χ0v) is 15.5. The van der Waals surface area contributed by atoms with Crippen molar-refractivity contribution >= 4 is 33.0 Å². The largest absolute Gasteiger partial charge is 0.375 e. The number of sulfonamides is 1. The topological polar surface area (TPSA) is 92.5 Å². The van der Waals surface area contributed by atoms with Crippen molar-refractivity contribution in [3.05, 3.63) is 63.2 Å². The van der Waals surface area contributed by atoms with Crippen LogP contribution in [0, 0.1) is 10.1 Å². The van der Waals surface area contributed by atoms with Gasteiger partial charge in [0.2, 0.25) is 10.0 Å². The van der Waals surface area contributed by atoms with E-state index in [1.807, 2.05) is 6.07 Å². The van der Waals surface area contributed by atoms with Crippen LogP contribution in [0.2, 0.25) is 5.02 Å². The van der Waals surface area contributed by atoms with Crippen LogP contribution in [0.5, 0.6) is 0 Å². The number of nitro benzene ring substituents is 1. The molecule has 0 saturated carbocycles. The Morgan fingerprint density at radius 3 is 2.54 bits per heavy atom. The minimum atomic E-state index is -3.70. The Balaban J connectivity index is 1.86. The van der Waals surface area contributed by atoms with E-state index in [9.17, 15) is 18.5 Å². The summed E-state index contributed by atoms with van der Waals surface area (Å²) in [6.45, 7) is 1.23. The number of nitrogens with zero attached hydrogens (tertiary/aromatic N) is 2. The lowest BCUT2D eigenvalue weighted by molar-refractivity contribution is -0.384. The molecule has 2 aromatic rings. The zero-order chi connectivity index (χ0) is 18.7. The second-order valence-electron chi connectivity index (χ2n) is 6.03. The second-order valence-corrected chi connectivity index (χ2v) is 8.41. The van der Waals surface area contributed by atoms with Gasteiger partial charge in [0.15, 0.2) is 0 Å². The summed E-state index contributed by atoms with van der Waals surface area (Å²) >= 11 is 5.93. The number of anilines is 1. The monoisotopic (exact) mass is 395 g/mol. The van der Waals surface area contributed by atoms with E-state index < -0.39 is 14.9 Å². The molecule has 3 rings (SSSR count). The van der Waals surface area contributed by atoms with Gasteiger partial charge in [0.1, 0.15) is 5.69 Å². The molecule has 0 atom stereocenters. The van der Waals surface area contributed by atoms with E-state index in [1.54, 1.807) is 18.2 Å². The molecule has 0 radical (unpaired) electrons. The smallest absolute Gasteiger partial charge is 0.293 e. The van der Waals surface area contributed by atoms with Crippen LogP contribution < -0.4 is 5.32 Å². The summed E-state index contributed by atoms with van der Waals surface area (Å²) in [5.41, 5.74) is 0.850. The van der Waals surface area contributed by atoms with Crippen molar-refractivity contribution in [1.82, 2.24) is 4.31 Å². The summed E-state index contributed by atoms with van der Waals surface area (Å²) in [5.74, 6) is 0. The van der Waals surface area contributed by atoms with Crippen LogP contribution in [-0.2, 0) is 16.6 Å². The van der Waals surface area contributed by atoms with E-state index >= 15 is 0 Å². The fourth-order valence-electron chi connectivity index (χ4n) is 2.89. The highest BCUT2D eigenvalue weighted by atomic mass is 35.5. The van der Waals surface area contributed by atoms with Crippen molar-refractivity contribution in [2.75, 3.05) is 18.4 Å². The Hall–Kier alpha value is -2.16. The predicted octanol–water partition coefficient (Wildman–Crippen LogP) is 3.64. The maximum atomic E-state index is 12.6. The molecule has 138 valence electrons. The molecular formula is C17H18ClN3O4S. The number of nitrogens with one attached hydrogen (secondary N) is 1. The summed E-state index contributed by atoms with van der Waals surface area (Å²) in [5, 5.41) is 15.0. The third-order valence-electron chi connectivity index (χ3n) is 4.24. The molecule has 0 amide bonds. The quantitative estimate of drug-likeness (QED) is 0.595. The highest BCUT2D eigenvalue weighted by Crippen LogP contribution is 2.30. The SMILES string of the molecule is O=[N+]([O-])c1cc(S(=O)(=O)N2CCCC2)ccc1NCc1cccc(Cl)c1. The van der Waals surface area contributed by atoms with Gasteiger partial charge in [0, 0.05) is 30.7 Å². The van der Waals surface area contributed by atoms with Gasteiger partial charge in [0.05, 0.1) is 9.82 Å². The van der Waals surface area contributed by atoms with Gasteiger partial charge in [0.25, 0.3) is 5.69 Å². The first-order valence-electron chi connectivity index (χ1n) is 8.15. The molecule has 7 nitrogen and oxygen atoms in total. The standard InChI is InChI=1S/C17H18ClN3O4S/c18-14-5-3-4-13(10-14)12-19-16-7-6-15(11-17(16)21(22)23)26(24,25)20-8-1-2-9-20/h3-7,10-11,19H,1-2,8-9,12H2. The van der Waals surface area contributed by atoms with Crippen LogP contribution in [0.3, 0.4) is 0 Å². The molecular weight excluding hydrogens is 378 g/mol. The Labute approximate surface area is 156 Å². The number of halogens is 1. The molecule has 26 heavy (non-hydrogen) atoms.